The molecule has 2 aromatic carbocycles. The van der Waals surface area contributed by atoms with Crippen LogP contribution in [0.1, 0.15) is 24.5 Å². The molecule has 0 aliphatic carbocycles. The fourth-order valence-electron chi connectivity index (χ4n) is 2.49. The normalized spacial score (nSPS) is 15.2. The van der Waals surface area contributed by atoms with Gasteiger partial charge >= 0.3 is 5.97 Å². The minimum Gasteiger partial charge on any atom is -0.494 e. The molecule has 4 nitrogen and oxygen atoms in total. The Morgan fingerprint density at radius 2 is 1.88 bits per heavy atom. The number of carbonyl (C=O) groups is 1. The highest BCUT2D eigenvalue weighted by Gasteiger charge is 2.22. The lowest BCUT2D eigenvalue weighted by atomic mass is 10.1. The van der Waals surface area contributed by atoms with Gasteiger partial charge in [-0.1, -0.05) is 41.9 Å². The molecule has 0 amide bonds. The fraction of sp³-hybridized carbons (Fsp3) is 0.200. The third-order valence-corrected chi connectivity index (χ3v) is 4.09. The second kappa shape index (κ2) is 7.99. The molecule has 0 spiro atoms. The van der Waals surface area contributed by atoms with E-state index in [0.717, 1.165) is 16.9 Å². The number of esters is 1. The van der Waals surface area contributed by atoms with Crippen LogP contribution in [0, 0.1) is 0 Å². The van der Waals surface area contributed by atoms with Crippen molar-refractivity contribution in [3.05, 3.63) is 70.4 Å². The van der Waals surface area contributed by atoms with Gasteiger partial charge in [0, 0.05) is 11.4 Å². The maximum atomic E-state index is 12.0. The summed E-state index contributed by atoms with van der Waals surface area (Å²) in [5, 5.41) is 0.706. The molecule has 0 N–H and O–H groups in total. The van der Waals surface area contributed by atoms with Crippen LogP contribution < -0.4 is 4.74 Å². The molecule has 1 heterocycles. The van der Waals surface area contributed by atoms with Gasteiger partial charge in [-0.25, -0.2) is 9.79 Å². The molecule has 0 atom stereocenters. The minimum absolute atomic E-state index is 0.304. The van der Waals surface area contributed by atoms with Gasteiger partial charge in [-0.15, -0.1) is 0 Å². The SMILES string of the molecule is CCOc1ccc(/C=C2/N=C(CCc3ccccc3Cl)OC2=O)cc1. The zero-order valence-electron chi connectivity index (χ0n) is 13.9. The number of benzene rings is 2. The van der Waals surface area contributed by atoms with Gasteiger partial charge in [0.15, 0.2) is 11.6 Å². The first kappa shape index (κ1) is 17.2. The van der Waals surface area contributed by atoms with Gasteiger partial charge in [-0.05, 0) is 48.7 Å². The number of hydrogen-bond donors (Lipinski definition) is 0. The number of cyclic esters (lactones) is 1. The molecule has 0 aromatic heterocycles. The predicted molar refractivity (Wildman–Crippen MR) is 98.9 cm³/mol. The van der Waals surface area contributed by atoms with Crippen LogP contribution >= 0.6 is 11.6 Å². The van der Waals surface area contributed by atoms with E-state index in [4.69, 9.17) is 21.1 Å². The molecule has 25 heavy (non-hydrogen) atoms. The average molecular weight is 356 g/mol. The molecular weight excluding hydrogens is 338 g/mol. The third-order valence-electron chi connectivity index (χ3n) is 3.73. The topological polar surface area (TPSA) is 47.9 Å². The van der Waals surface area contributed by atoms with Crippen LogP contribution in [-0.2, 0) is 16.0 Å². The summed E-state index contributed by atoms with van der Waals surface area (Å²) in [5.74, 6) is 0.785. The van der Waals surface area contributed by atoms with Gasteiger partial charge in [0.1, 0.15) is 5.75 Å². The van der Waals surface area contributed by atoms with E-state index >= 15 is 0 Å². The molecule has 0 saturated heterocycles. The molecule has 2 aromatic rings. The first-order valence-electron chi connectivity index (χ1n) is 8.13. The van der Waals surface area contributed by atoms with Crippen molar-refractivity contribution in [3.63, 3.8) is 0 Å². The molecule has 1 aliphatic heterocycles. The third kappa shape index (κ3) is 4.48. The number of nitrogens with zero attached hydrogens (tertiary/aromatic N) is 1. The largest absolute Gasteiger partial charge is 0.494 e. The summed E-state index contributed by atoms with van der Waals surface area (Å²) in [6.07, 6.45) is 2.90. The van der Waals surface area contributed by atoms with Crippen molar-refractivity contribution in [3.8, 4) is 5.75 Å². The van der Waals surface area contributed by atoms with E-state index in [-0.39, 0.29) is 0 Å². The number of hydrogen-bond acceptors (Lipinski definition) is 4. The highest BCUT2D eigenvalue weighted by molar-refractivity contribution is 6.31. The molecule has 0 radical (unpaired) electrons. The number of aryl methyl sites for hydroxylation is 1. The number of ether oxygens (including phenoxy) is 2. The monoisotopic (exact) mass is 355 g/mol. The first-order chi connectivity index (χ1) is 12.2. The summed E-state index contributed by atoms with van der Waals surface area (Å²) in [5.41, 5.74) is 2.18. The molecule has 128 valence electrons. The Kier molecular flexibility index (Phi) is 5.51. The first-order valence-corrected chi connectivity index (χ1v) is 8.51. The lowest BCUT2D eigenvalue weighted by Gasteiger charge is -2.02. The zero-order valence-corrected chi connectivity index (χ0v) is 14.6. The number of halogens is 1. The van der Waals surface area contributed by atoms with Crippen LogP contribution in [0.25, 0.3) is 6.08 Å². The van der Waals surface area contributed by atoms with Crippen LogP contribution in [0.4, 0.5) is 0 Å². The van der Waals surface area contributed by atoms with E-state index in [9.17, 15) is 4.79 Å². The van der Waals surface area contributed by atoms with E-state index < -0.39 is 5.97 Å². The van der Waals surface area contributed by atoms with Gasteiger partial charge in [0.05, 0.1) is 6.61 Å². The molecular formula is C20H18ClNO3. The molecule has 0 unspecified atom stereocenters. The van der Waals surface area contributed by atoms with Gasteiger partial charge in [-0.3, -0.25) is 0 Å². The summed E-state index contributed by atoms with van der Waals surface area (Å²) in [6.45, 7) is 2.55. The van der Waals surface area contributed by atoms with Crippen molar-refractivity contribution in [1.82, 2.24) is 0 Å². The van der Waals surface area contributed by atoms with Crippen LogP contribution in [0.5, 0.6) is 5.75 Å². The van der Waals surface area contributed by atoms with Crippen LogP contribution in [0.3, 0.4) is 0 Å². The highest BCUT2D eigenvalue weighted by atomic mass is 35.5. The average Bonchev–Trinajstić information content (AvgIpc) is 2.96. The Labute approximate surface area is 151 Å². The predicted octanol–water partition coefficient (Wildman–Crippen LogP) is 4.67. The van der Waals surface area contributed by atoms with Crippen molar-refractivity contribution in [1.29, 1.82) is 0 Å². The molecule has 5 heteroatoms. The second-order valence-corrected chi connectivity index (χ2v) is 5.93. The summed E-state index contributed by atoms with van der Waals surface area (Å²) in [6, 6.07) is 15.1. The Hall–Kier alpha value is -2.59. The Bertz CT molecular complexity index is 825. The Morgan fingerprint density at radius 1 is 1.12 bits per heavy atom. The summed E-state index contributed by atoms with van der Waals surface area (Å²) in [4.78, 5) is 16.3. The van der Waals surface area contributed by atoms with Crippen LogP contribution in [0.15, 0.2) is 59.2 Å². The highest BCUT2D eigenvalue weighted by Crippen LogP contribution is 2.21. The number of aliphatic imine (C=N–C) groups is 1. The summed E-state index contributed by atoms with van der Waals surface area (Å²) >= 11 is 6.14. The zero-order chi connectivity index (χ0) is 17.6. The lowest BCUT2D eigenvalue weighted by molar-refractivity contribution is -0.130. The van der Waals surface area contributed by atoms with E-state index in [1.807, 2.05) is 55.5 Å². The Morgan fingerprint density at radius 3 is 2.60 bits per heavy atom. The van der Waals surface area contributed by atoms with Gasteiger partial charge in [0.25, 0.3) is 0 Å². The second-order valence-electron chi connectivity index (χ2n) is 5.52. The van der Waals surface area contributed by atoms with Crippen molar-refractivity contribution in [2.75, 3.05) is 6.61 Å². The standard InChI is InChI=1S/C20H18ClNO3/c1-2-24-16-10-7-14(8-11-16)13-18-20(23)25-19(22-18)12-9-15-5-3-4-6-17(15)21/h3-8,10-11,13H,2,9,12H2,1H3/b18-13+. The number of rotatable bonds is 6. The van der Waals surface area contributed by atoms with Gasteiger partial charge in [-0.2, -0.15) is 0 Å². The maximum absolute atomic E-state index is 12.0. The molecule has 0 saturated carbocycles. The molecule has 0 fully saturated rings. The van der Waals surface area contributed by atoms with Crippen LogP contribution in [-0.4, -0.2) is 18.5 Å². The quantitative estimate of drug-likeness (QED) is 0.559. The molecule has 1 aliphatic rings. The van der Waals surface area contributed by atoms with E-state index in [1.165, 1.54) is 0 Å². The summed E-state index contributed by atoms with van der Waals surface area (Å²) < 4.78 is 10.6. The smallest absolute Gasteiger partial charge is 0.363 e. The maximum Gasteiger partial charge on any atom is 0.363 e. The van der Waals surface area contributed by atoms with E-state index in [0.29, 0.717) is 36.1 Å². The van der Waals surface area contributed by atoms with Gasteiger partial charge < -0.3 is 9.47 Å². The van der Waals surface area contributed by atoms with E-state index in [1.54, 1.807) is 6.08 Å². The van der Waals surface area contributed by atoms with E-state index in [2.05, 4.69) is 4.99 Å². The fourth-order valence-corrected chi connectivity index (χ4v) is 2.72. The molecule has 3 rings (SSSR count). The minimum atomic E-state index is -0.428. The summed E-state index contributed by atoms with van der Waals surface area (Å²) in [7, 11) is 0. The van der Waals surface area contributed by atoms with Crippen molar-refractivity contribution in [2.24, 2.45) is 4.99 Å². The Balaban J connectivity index is 1.68. The number of carbonyl (C=O) groups excluding carboxylic acids is 1. The van der Waals surface area contributed by atoms with Gasteiger partial charge in [0.2, 0.25) is 0 Å². The van der Waals surface area contributed by atoms with Crippen molar-refractivity contribution in [2.45, 2.75) is 19.8 Å². The lowest BCUT2D eigenvalue weighted by Crippen LogP contribution is -2.05. The van der Waals surface area contributed by atoms with Crippen LogP contribution in [0.2, 0.25) is 5.02 Å². The van der Waals surface area contributed by atoms with Crippen molar-refractivity contribution >= 4 is 29.5 Å². The van der Waals surface area contributed by atoms with Crippen molar-refractivity contribution < 1.29 is 14.3 Å². The molecule has 0 bridgehead atoms.